The van der Waals surface area contributed by atoms with Crippen molar-refractivity contribution in [3.05, 3.63) is 42.0 Å². The fourth-order valence-electron chi connectivity index (χ4n) is 1.84. The molecule has 0 saturated heterocycles. The number of rotatable bonds is 6. The normalized spacial score (nSPS) is 10.1. The highest BCUT2D eigenvalue weighted by molar-refractivity contribution is 5.95. The number of carbonyl (C=O) groups is 1. The molecular formula is C16H16O7. The van der Waals surface area contributed by atoms with Crippen molar-refractivity contribution in [1.29, 1.82) is 0 Å². The summed E-state index contributed by atoms with van der Waals surface area (Å²) in [5, 5.41) is 28.3. The van der Waals surface area contributed by atoms with E-state index in [4.69, 9.17) is 14.2 Å². The van der Waals surface area contributed by atoms with Gasteiger partial charge in [0.15, 0.2) is 0 Å². The lowest BCUT2D eigenvalue weighted by atomic mass is 10.1. The number of ether oxygens (including phenoxy) is 3. The molecule has 0 saturated carbocycles. The lowest BCUT2D eigenvalue weighted by Gasteiger charge is -2.10. The van der Waals surface area contributed by atoms with Crippen molar-refractivity contribution >= 4 is 5.97 Å². The van der Waals surface area contributed by atoms with E-state index in [-0.39, 0.29) is 19.0 Å². The number of phenolic OH excluding ortho intramolecular Hbond substituents is 3. The van der Waals surface area contributed by atoms with Gasteiger partial charge in [-0.25, -0.2) is 4.79 Å². The molecule has 0 unspecified atom stereocenters. The highest BCUT2D eigenvalue weighted by Crippen LogP contribution is 2.32. The number of methoxy groups -OCH3 is 1. The summed E-state index contributed by atoms with van der Waals surface area (Å²) >= 11 is 0. The summed E-state index contributed by atoms with van der Waals surface area (Å²) in [6.07, 6.45) is 0. The maximum Gasteiger partial charge on any atom is 0.345 e. The molecule has 7 nitrogen and oxygen atoms in total. The number of carbonyl (C=O) groups excluding carboxylic acids is 1. The first-order chi connectivity index (χ1) is 11.0. The van der Waals surface area contributed by atoms with Crippen molar-refractivity contribution in [3.63, 3.8) is 0 Å². The second-order valence-electron chi connectivity index (χ2n) is 4.52. The smallest absolute Gasteiger partial charge is 0.345 e. The van der Waals surface area contributed by atoms with Crippen LogP contribution in [0.1, 0.15) is 10.4 Å². The molecule has 0 aliphatic heterocycles. The molecule has 0 fully saturated rings. The molecule has 2 aromatic carbocycles. The minimum atomic E-state index is -0.918. The zero-order valence-electron chi connectivity index (χ0n) is 12.4. The quantitative estimate of drug-likeness (QED) is 0.552. The number of esters is 1. The van der Waals surface area contributed by atoms with Gasteiger partial charge in [0, 0.05) is 12.1 Å². The second-order valence-corrected chi connectivity index (χ2v) is 4.52. The van der Waals surface area contributed by atoms with Crippen LogP contribution in [0, 0.1) is 0 Å². The van der Waals surface area contributed by atoms with Crippen LogP contribution < -0.4 is 9.47 Å². The number of hydrogen-bond acceptors (Lipinski definition) is 7. The van der Waals surface area contributed by atoms with Gasteiger partial charge in [-0.3, -0.25) is 0 Å². The number of hydrogen-bond donors (Lipinski definition) is 3. The fourth-order valence-corrected chi connectivity index (χ4v) is 1.84. The van der Waals surface area contributed by atoms with Gasteiger partial charge in [-0.15, -0.1) is 0 Å². The number of phenols is 3. The van der Waals surface area contributed by atoms with Gasteiger partial charge in [-0.1, -0.05) is 0 Å². The van der Waals surface area contributed by atoms with Gasteiger partial charge in [-0.05, 0) is 24.3 Å². The van der Waals surface area contributed by atoms with E-state index in [9.17, 15) is 20.1 Å². The monoisotopic (exact) mass is 320 g/mol. The van der Waals surface area contributed by atoms with Crippen molar-refractivity contribution in [1.82, 2.24) is 0 Å². The van der Waals surface area contributed by atoms with Crippen LogP contribution in [0.2, 0.25) is 0 Å². The number of benzene rings is 2. The first-order valence-electron chi connectivity index (χ1n) is 6.70. The third kappa shape index (κ3) is 4.19. The third-order valence-electron chi connectivity index (χ3n) is 2.93. The standard InChI is InChI=1S/C16H16O7/c1-21-11-2-4-12(5-3-11)22-6-7-23-16(20)15-13(18)8-10(17)9-14(15)19/h2-5,8-9,17-19H,6-7H2,1H3. The molecule has 3 N–H and O–H groups in total. The van der Waals surface area contributed by atoms with Crippen molar-refractivity contribution in [3.8, 4) is 28.7 Å². The van der Waals surface area contributed by atoms with Gasteiger partial charge >= 0.3 is 5.97 Å². The highest BCUT2D eigenvalue weighted by Gasteiger charge is 2.19. The van der Waals surface area contributed by atoms with E-state index >= 15 is 0 Å². The Kier molecular flexibility index (Phi) is 5.14. The third-order valence-corrected chi connectivity index (χ3v) is 2.93. The minimum Gasteiger partial charge on any atom is -0.508 e. The summed E-state index contributed by atoms with van der Waals surface area (Å²) in [4.78, 5) is 11.8. The molecule has 0 aromatic heterocycles. The molecule has 0 aliphatic carbocycles. The molecule has 2 rings (SSSR count). The predicted molar refractivity (Wildman–Crippen MR) is 80.2 cm³/mol. The summed E-state index contributed by atoms with van der Waals surface area (Å²) in [6.45, 7) is 0.0162. The second kappa shape index (κ2) is 7.26. The van der Waals surface area contributed by atoms with E-state index in [0.29, 0.717) is 11.5 Å². The van der Waals surface area contributed by atoms with Crippen LogP contribution in [-0.4, -0.2) is 41.6 Å². The maximum absolute atomic E-state index is 11.8. The zero-order valence-corrected chi connectivity index (χ0v) is 12.4. The van der Waals surface area contributed by atoms with Gasteiger partial charge in [-0.2, -0.15) is 0 Å². The van der Waals surface area contributed by atoms with E-state index < -0.39 is 23.0 Å². The van der Waals surface area contributed by atoms with Crippen LogP contribution in [0.15, 0.2) is 36.4 Å². The Labute approximate surface area is 132 Å². The van der Waals surface area contributed by atoms with E-state index in [1.54, 1.807) is 31.4 Å². The van der Waals surface area contributed by atoms with Crippen LogP contribution in [0.25, 0.3) is 0 Å². The van der Waals surface area contributed by atoms with E-state index in [1.807, 2.05) is 0 Å². The fraction of sp³-hybridized carbons (Fsp3) is 0.188. The molecule has 0 aliphatic rings. The van der Waals surface area contributed by atoms with Gasteiger partial charge in [0.2, 0.25) is 0 Å². The van der Waals surface area contributed by atoms with Crippen LogP contribution in [0.4, 0.5) is 0 Å². The van der Waals surface area contributed by atoms with Gasteiger partial charge < -0.3 is 29.5 Å². The lowest BCUT2D eigenvalue weighted by molar-refractivity contribution is 0.0444. The molecule has 7 heteroatoms. The molecule has 0 bridgehead atoms. The van der Waals surface area contributed by atoms with Gasteiger partial charge in [0.25, 0.3) is 0 Å². The summed E-state index contributed by atoms with van der Waals surface area (Å²) in [7, 11) is 1.56. The minimum absolute atomic E-state index is 0.0788. The number of aromatic hydroxyl groups is 3. The van der Waals surface area contributed by atoms with Crippen LogP contribution in [0.3, 0.4) is 0 Å². The zero-order chi connectivity index (χ0) is 16.8. The average Bonchev–Trinajstić information content (AvgIpc) is 2.51. The largest absolute Gasteiger partial charge is 0.508 e. The summed E-state index contributed by atoms with van der Waals surface area (Å²) in [6, 6.07) is 8.74. The Morgan fingerprint density at radius 2 is 1.52 bits per heavy atom. The first kappa shape index (κ1) is 16.3. The molecule has 2 aromatic rings. The van der Waals surface area contributed by atoms with Crippen molar-refractivity contribution in [2.45, 2.75) is 0 Å². The van der Waals surface area contributed by atoms with Gasteiger partial charge in [0.1, 0.15) is 47.5 Å². The summed E-state index contributed by atoms with van der Waals surface area (Å²) in [5.74, 6) is -1.14. The first-order valence-corrected chi connectivity index (χ1v) is 6.70. The predicted octanol–water partition coefficient (Wildman–Crippen LogP) is 2.05. The van der Waals surface area contributed by atoms with Crippen LogP contribution >= 0.6 is 0 Å². The van der Waals surface area contributed by atoms with Crippen molar-refractivity contribution in [2.24, 2.45) is 0 Å². The molecule has 0 heterocycles. The Balaban J connectivity index is 1.85. The Morgan fingerprint density at radius 1 is 0.957 bits per heavy atom. The molecule has 0 spiro atoms. The topological polar surface area (TPSA) is 105 Å². The SMILES string of the molecule is COc1ccc(OCCOC(=O)c2c(O)cc(O)cc2O)cc1. The Hall–Kier alpha value is -3.09. The van der Waals surface area contributed by atoms with E-state index in [2.05, 4.69) is 0 Å². The van der Waals surface area contributed by atoms with E-state index in [1.165, 1.54) is 0 Å². The van der Waals surface area contributed by atoms with Crippen molar-refractivity contribution < 1.29 is 34.3 Å². The maximum atomic E-state index is 11.8. The Morgan fingerprint density at radius 3 is 2.09 bits per heavy atom. The van der Waals surface area contributed by atoms with E-state index in [0.717, 1.165) is 12.1 Å². The summed E-state index contributed by atoms with van der Waals surface area (Å²) in [5.41, 5.74) is -0.410. The average molecular weight is 320 g/mol. The molecular weight excluding hydrogens is 304 g/mol. The lowest BCUT2D eigenvalue weighted by Crippen LogP contribution is -2.12. The molecule has 122 valence electrons. The van der Waals surface area contributed by atoms with Crippen LogP contribution in [0.5, 0.6) is 28.7 Å². The molecule has 23 heavy (non-hydrogen) atoms. The molecule has 0 amide bonds. The van der Waals surface area contributed by atoms with Crippen LogP contribution in [-0.2, 0) is 4.74 Å². The van der Waals surface area contributed by atoms with Gasteiger partial charge in [0.05, 0.1) is 7.11 Å². The Bertz CT molecular complexity index is 656. The summed E-state index contributed by atoms with van der Waals surface area (Å²) < 4.78 is 15.3. The molecule has 0 atom stereocenters. The molecule has 0 radical (unpaired) electrons. The van der Waals surface area contributed by atoms with Crippen molar-refractivity contribution in [2.75, 3.05) is 20.3 Å². The highest BCUT2D eigenvalue weighted by atomic mass is 16.6.